The third-order valence-corrected chi connectivity index (χ3v) is 5.04. The van der Waals surface area contributed by atoms with E-state index >= 15 is 0 Å². The summed E-state index contributed by atoms with van der Waals surface area (Å²) in [6.45, 7) is 4.60. The zero-order chi connectivity index (χ0) is 14.1. The summed E-state index contributed by atoms with van der Waals surface area (Å²) < 4.78 is 0. The van der Waals surface area contributed by atoms with Gasteiger partial charge >= 0.3 is 0 Å². The van der Waals surface area contributed by atoms with Crippen molar-refractivity contribution in [1.29, 1.82) is 0 Å². The fraction of sp³-hybridized carbons (Fsp3) is 0.714. The first-order valence-corrected chi connectivity index (χ1v) is 8.16. The number of hydrogen-bond acceptors (Lipinski definition) is 5. The number of aromatic nitrogens is 1. The molecule has 1 amide bonds. The van der Waals surface area contributed by atoms with E-state index in [1.165, 1.54) is 30.6 Å². The molecule has 1 aromatic heterocycles. The van der Waals surface area contributed by atoms with Crippen LogP contribution in [0.25, 0.3) is 0 Å². The highest BCUT2D eigenvalue weighted by Gasteiger charge is 2.35. The van der Waals surface area contributed by atoms with Gasteiger partial charge in [-0.05, 0) is 32.2 Å². The molecule has 1 saturated heterocycles. The second kappa shape index (κ2) is 6.94. The molecule has 118 valence electrons. The Kier molecular flexibility index (Phi) is 5.46. The highest BCUT2D eigenvalue weighted by molar-refractivity contribution is 7.15. The SMILES string of the molecule is CC(=O)N(CC1CCCN1Cc1cnc(N)s1)C1CC1.Cl. The number of amides is 1. The van der Waals surface area contributed by atoms with Crippen molar-refractivity contribution in [3.8, 4) is 0 Å². The maximum Gasteiger partial charge on any atom is 0.219 e. The van der Waals surface area contributed by atoms with Crippen LogP contribution < -0.4 is 5.73 Å². The van der Waals surface area contributed by atoms with Gasteiger partial charge in [0.15, 0.2) is 5.13 Å². The maximum atomic E-state index is 11.8. The number of rotatable bonds is 5. The number of anilines is 1. The number of carbonyl (C=O) groups is 1. The Morgan fingerprint density at radius 3 is 2.86 bits per heavy atom. The standard InChI is InChI=1S/C14H22N4OS.ClH/c1-10(19)18(11-4-5-11)8-12-3-2-6-17(12)9-13-7-16-14(15)20-13;/h7,11-12H,2-6,8-9H2,1H3,(H2,15,16);1H. The Bertz CT molecular complexity index is 491. The topological polar surface area (TPSA) is 62.5 Å². The van der Waals surface area contributed by atoms with Gasteiger partial charge in [0.2, 0.25) is 5.91 Å². The summed E-state index contributed by atoms with van der Waals surface area (Å²) in [4.78, 5) is 21.6. The van der Waals surface area contributed by atoms with Crippen LogP contribution in [0.2, 0.25) is 0 Å². The molecule has 1 aromatic rings. The highest BCUT2D eigenvalue weighted by atomic mass is 35.5. The second-order valence-electron chi connectivity index (χ2n) is 5.83. The molecule has 1 saturated carbocycles. The molecule has 21 heavy (non-hydrogen) atoms. The molecular formula is C14H23ClN4OS. The number of hydrogen-bond donors (Lipinski definition) is 1. The molecule has 0 bridgehead atoms. The Morgan fingerprint density at radius 1 is 1.52 bits per heavy atom. The lowest BCUT2D eigenvalue weighted by molar-refractivity contribution is -0.130. The number of carbonyl (C=O) groups excluding carboxylic acids is 1. The molecule has 0 radical (unpaired) electrons. The fourth-order valence-electron chi connectivity index (χ4n) is 3.05. The van der Waals surface area contributed by atoms with Crippen LogP contribution in [0.1, 0.15) is 37.5 Å². The Morgan fingerprint density at radius 2 is 2.29 bits per heavy atom. The summed E-state index contributed by atoms with van der Waals surface area (Å²) >= 11 is 1.56. The maximum absolute atomic E-state index is 11.8. The van der Waals surface area contributed by atoms with Crippen LogP contribution in [-0.2, 0) is 11.3 Å². The van der Waals surface area contributed by atoms with Crippen LogP contribution in [0.4, 0.5) is 5.13 Å². The predicted octanol–water partition coefficient (Wildman–Crippen LogP) is 2.12. The van der Waals surface area contributed by atoms with Crippen LogP contribution in [0.5, 0.6) is 0 Å². The minimum Gasteiger partial charge on any atom is -0.375 e. The van der Waals surface area contributed by atoms with Crippen molar-refractivity contribution in [1.82, 2.24) is 14.8 Å². The van der Waals surface area contributed by atoms with Gasteiger partial charge in [0.1, 0.15) is 0 Å². The number of likely N-dealkylation sites (tertiary alicyclic amines) is 1. The van der Waals surface area contributed by atoms with Gasteiger partial charge in [0, 0.05) is 43.2 Å². The summed E-state index contributed by atoms with van der Waals surface area (Å²) in [6, 6.07) is 0.997. The molecule has 0 aromatic carbocycles. The summed E-state index contributed by atoms with van der Waals surface area (Å²) in [5.74, 6) is 0.224. The average Bonchev–Trinajstić information content (AvgIpc) is 3.02. The Labute approximate surface area is 135 Å². The van der Waals surface area contributed by atoms with E-state index < -0.39 is 0 Å². The Balaban J connectivity index is 0.00000161. The number of nitrogens with two attached hydrogens (primary N) is 1. The molecule has 2 N–H and O–H groups in total. The van der Waals surface area contributed by atoms with Crippen molar-refractivity contribution in [3.63, 3.8) is 0 Å². The highest BCUT2D eigenvalue weighted by Crippen LogP contribution is 2.30. The molecular weight excluding hydrogens is 308 g/mol. The van der Waals surface area contributed by atoms with Gasteiger partial charge in [-0.25, -0.2) is 4.98 Å². The molecule has 2 fully saturated rings. The van der Waals surface area contributed by atoms with Crippen LogP contribution in [0.15, 0.2) is 6.20 Å². The fourth-order valence-corrected chi connectivity index (χ4v) is 3.76. The van der Waals surface area contributed by atoms with E-state index in [0.717, 1.165) is 19.6 Å². The minimum absolute atomic E-state index is 0. The number of nitrogens with zero attached hydrogens (tertiary/aromatic N) is 3. The summed E-state index contributed by atoms with van der Waals surface area (Å²) in [6.07, 6.45) is 6.63. The van der Waals surface area contributed by atoms with Gasteiger partial charge in [-0.2, -0.15) is 0 Å². The molecule has 0 spiro atoms. The zero-order valence-electron chi connectivity index (χ0n) is 12.3. The zero-order valence-corrected chi connectivity index (χ0v) is 14.0. The van der Waals surface area contributed by atoms with Crippen LogP contribution in [0, 0.1) is 0 Å². The molecule has 7 heteroatoms. The van der Waals surface area contributed by atoms with E-state index in [2.05, 4.69) is 14.8 Å². The van der Waals surface area contributed by atoms with Gasteiger partial charge in [0.05, 0.1) is 0 Å². The summed E-state index contributed by atoms with van der Waals surface area (Å²) in [5, 5.41) is 0.638. The Hall–Kier alpha value is -0.850. The van der Waals surface area contributed by atoms with Crippen molar-refractivity contribution >= 4 is 34.8 Å². The number of nitrogen functional groups attached to an aromatic ring is 1. The molecule has 1 unspecified atom stereocenters. The summed E-state index contributed by atoms with van der Waals surface area (Å²) in [5.41, 5.74) is 5.69. The first-order valence-electron chi connectivity index (χ1n) is 7.35. The van der Waals surface area contributed by atoms with Gasteiger partial charge in [-0.15, -0.1) is 23.7 Å². The van der Waals surface area contributed by atoms with Crippen molar-refractivity contribution < 1.29 is 4.79 Å². The predicted molar refractivity (Wildman–Crippen MR) is 87.6 cm³/mol. The molecule has 1 aliphatic carbocycles. The normalized spacial score (nSPS) is 22.0. The minimum atomic E-state index is 0. The molecule has 2 aliphatic rings. The molecule has 2 heterocycles. The lowest BCUT2D eigenvalue weighted by Crippen LogP contribution is -2.43. The van der Waals surface area contributed by atoms with E-state index in [1.807, 2.05) is 6.20 Å². The van der Waals surface area contributed by atoms with E-state index in [-0.39, 0.29) is 18.3 Å². The van der Waals surface area contributed by atoms with Crippen LogP contribution in [0.3, 0.4) is 0 Å². The summed E-state index contributed by atoms with van der Waals surface area (Å²) in [7, 11) is 0. The van der Waals surface area contributed by atoms with E-state index in [1.54, 1.807) is 18.3 Å². The quantitative estimate of drug-likeness (QED) is 0.898. The number of thiazole rings is 1. The van der Waals surface area contributed by atoms with E-state index in [4.69, 9.17) is 5.73 Å². The monoisotopic (exact) mass is 330 g/mol. The van der Waals surface area contributed by atoms with E-state index in [9.17, 15) is 4.79 Å². The van der Waals surface area contributed by atoms with E-state index in [0.29, 0.717) is 17.2 Å². The smallest absolute Gasteiger partial charge is 0.219 e. The first kappa shape index (κ1) is 16.5. The van der Waals surface area contributed by atoms with Crippen LogP contribution in [-0.4, -0.2) is 45.9 Å². The largest absolute Gasteiger partial charge is 0.375 e. The third kappa shape index (κ3) is 4.08. The van der Waals surface area contributed by atoms with Gasteiger partial charge in [-0.1, -0.05) is 0 Å². The lowest BCUT2D eigenvalue weighted by Gasteiger charge is -2.30. The molecule has 5 nitrogen and oxygen atoms in total. The van der Waals surface area contributed by atoms with Gasteiger partial charge < -0.3 is 10.6 Å². The van der Waals surface area contributed by atoms with Crippen molar-refractivity contribution in [2.45, 2.75) is 51.2 Å². The first-order chi connectivity index (χ1) is 9.63. The van der Waals surface area contributed by atoms with Crippen molar-refractivity contribution in [2.75, 3.05) is 18.8 Å². The average molecular weight is 331 g/mol. The molecule has 3 rings (SSSR count). The second-order valence-corrected chi connectivity index (χ2v) is 6.98. The van der Waals surface area contributed by atoms with Gasteiger partial charge in [-0.3, -0.25) is 9.69 Å². The molecule has 1 atom stereocenters. The van der Waals surface area contributed by atoms with Gasteiger partial charge in [0.25, 0.3) is 0 Å². The lowest BCUT2D eigenvalue weighted by atomic mass is 10.2. The third-order valence-electron chi connectivity index (χ3n) is 4.23. The molecule has 1 aliphatic heterocycles. The van der Waals surface area contributed by atoms with Crippen LogP contribution >= 0.6 is 23.7 Å². The number of halogens is 1. The van der Waals surface area contributed by atoms with Crippen molar-refractivity contribution in [3.05, 3.63) is 11.1 Å². The van der Waals surface area contributed by atoms with Crippen molar-refractivity contribution in [2.24, 2.45) is 0 Å².